The average molecular weight is 319 g/mol. The highest BCUT2D eigenvalue weighted by molar-refractivity contribution is 5.97. The van der Waals surface area contributed by atoms with Gasteiger partial charge in [0.1, 0.15) is 6.10 Å². The van der Waals surface area contributed by atoms with E-state index in [2.05, 4.69) is 19.2 Å². The normalized spacial score (nSPS) is 22.1. The molecule has 1 aromatic rings. The van der Waals surface area contributed by atoms with Crippen LogP contribution in [0.2, 0.25) is 0 Å². The third-order valence-electron chi connectivity index (χ3n) is 5.15. The molecule has 1 N–H and O–H groups in total. The summed E-state index contributed by atoms with van der Waals surface area (Å²) in [5.41, 5.74) is 0.735. The number of benzene rings is 1. The first kappa shape index (κ1) is 17.5. The summed E-state index contributed by atoms with van der Waals surface area (Å²) in [4.78, 5) is 24.1. The molecule has 2 atom stereocenters. The fraction of sp³-hybridized carbons (Fsp3) is 0.556. The molecule has 0 heterocycles. The van der Waals surface area contributed by atoms with Gasteiger partial charge in [-0.3, -0.25) is 4.79 Å². The van der Waals surface area contributed by atoms with Gasteiger partial charge in [-0.1, -0.05) is 19.9 Å². The summed E-state index contributed by atoms with van der Waals surface area (Å²) in [6.07, 6.45) is 2.52. The van der Waals surface area contributed by atoms with Crippen LogP contribution in [0, 0.1) is 5.41 Å². The van der Waals surface area contributed by atoms with Gasteiger partial charge in [0.2, 0.25) is 0 Å². The molecule has 0 bridgehead atoms. The minimum absolute atomic E-state index is 0.108. The Morgan fingerprint density at radius 2 is 1.87 bits per heavy atom. The number of nitrogens with one attached hydrogen (secondary N) is 1. The molecule has 1 aliphatic carbocycles. The fourth-order valence-corrected chi connectivity index (χ4v) is 3.50. The Bertz CT molecular complexity index is 580. The smallest absolute Gasteiger partial charge is 0.338 e. The number of carbonyl (C=O) groups is 2. The van der Waals surface area contributed by atoms with Crippen molar-refractivity contribution < 1.29 is 19.1 Å². The number of hydrogen-bond acceptors (Lipinski definition) is 4. The summed E-state index contributed by atoms with van der Waals surface area (Å²) in [6.45, 7) is 4.20. The van der Waals surface area contributed by atoms with Crippen LogP contribution in [0.1, 0.15) is 53.8 Å². The molecule has 0 saturated heterocycles. The van der Waals surface area contributed by atoms with E-state index in [4.69, 9.17) is 9.47 Å². The Kier molecular flexibility index (Phi) is 5.42. The molecule has 1 aliphatic rings. The second-order valence-corrected chi connectivity index (χ2v) is 5.95. The molecule has 1 aromatic carbocycles. The summed E-state index contributed by atoms with van der Waals surface area (Å²) in [7, 11) is 3.26. The van der Waals surface area contributed by atoms with Gasteiger partial charge in [0.25, 0.3) is 5.91 Å². The topological polar surface area (TPSA) is 64.6 Å². The Morgan fingerprint density at radius 3 is 2.43 bits per heavy atom. The molecular formula is C18H25NO4. The summed E-state index contributed by atoms with van der Waals surface area (Å²) in [5.74, 6) is -0.610. The van der Waals surface area contributed by atoms with E-state index in [1.165, 1.54) is 0 Å². The first-order chi connectivity index (χ1) is 11.0. The van der Waals surface area contributed by atoms with Crippen molar-refractivity contribution in [2.45, 2.75) is 45.3 Å². The average Bonchev–Trinajstić information content (AvgIpc) is 2.58. The number of methoxy groups -OCH3 is 1. The molecule has 5 nitrogen and oxygen atoms in total. The van der Waals surface area contributed by atoms with Crippen molar-refractivity contribution in [3.8, 4) is 0 Å². The molecule has 1 saturated carbocycles. The van der Waals surface area contributed by atoms with E-state index in [9.17, 15) is 9.59 Å². The number of carbonyl (C=O) groups excluding carboxylic acids is 2. The lowest BCUT2D eigenvalue weighted by Gasteiger charge is -2.53. The summed E-state index contributed by atoms with van der Waals surface area (Å²) in [6, 6.07) is 6.59. The van der Waals surface area contributed by atoms with E-state index in [1.54, 1.807) is 38.4 Å². The van der Waals surface area contributed by atoms with Crippen LogP contribution in [-0.4, -0.2) is 38.2 Å². The molecule has 0 radical (unpaired) electrons. The highest BCUT2D eigenvalue weighted by atomic mass is 16.6. The zero-order chi connectivity index (χ0) is 17.0. The van der Waals surface area contributed by atoms with Crippen LogP contribution in [0.15, 0.2) is 24.3 Å². The SMILES string of the molecule is CCC1(CC)[C@@H](OC)C[C@H]1OC(=O)c1cccc(C(=O)NC)c1. The lowest BCUT2D eigenvalue weighted by atomic mass is 9.60. The zero-order valence-corrected chi connectivity index (χ0v) is 14.2. The predicted molar refractivity (Wildman–Crippen MR) is 87.5 cm³/mol. The van der Waals surface area contributed by atoms with Crippen LogP contribution in [0.25, 0.3) is 0 Å². The van der Waals surface area contributed by atoms with E-state index in [-0.39, 0.29) is 29.5 Å². The fourth-order valence-electron chi connectivity index (χ4n) is 3.50. The highest BCUT2D eigenvalue weighted by Gasteiger charge is 2.55. The number of amides is 1. The van der Waals surface area contributed by atoms with E-state index in [0.717, 1.165) is 19.3 Å². The van der Waals surface area contributed by atoms with Gasteiger partial charge in [0.05, 0.1) is 11.7 Å². The van der Waals surface area contributed by atoms with Gasteiger partial charge in [-0.25, -0.2) is 4.79 Å². The molecule has 1 amide bonds. The van der Waals surface area contributed by atoms with Gasteiger partial charge in [0.15, 0.2) is 0 Å². The summed E-state index contributed by atoms with van der Waals surface area (Å²) >= 11 is 0. The third-order valence-corrected chi connectivity index (χ3v) is 5.15. The van der Waals surface area contributed by atoms with Gasteiger partial charge in [-0.2, -0.15) is 0 Å². The minimum Gasteiger partial charge on any atom is -0.458 e. The van der Waals surface area contributed by atoms with Gasteiger partial charge in [-0.15, -0.1) is 0 Å². The Morgan fingerprint density at radius 1 is 1.22 bits per heavy atom. The predicted octanol–water partition coefficient (Wildman–Crippen LogP) is 2.80. The molecule has 0 spiro atoms. The van der Waals surface area contributed by atoms with Crippen LogP contribution in [0.4, 0.5) is 0 Å². The Labute approximate surface area is 137 Å². The molecule has 5 heteroatoms. The van der Waals surface area contributed by atoms with Crippen LogP contribution in [-0.2, 0) is 9.47 Å². The minimum atomic E-state index is -0.387. The molecule has 1 fully saturated rings. The third kappa shape index (κ3) is 3.11. The first-order valence-electron chi connectivity index (χ1n) is 8.08. The van der Waals surface area contributed by atoms with Gasteiger partial charge >= 0.3 is 5.97 Å². The van der Waals surface area contributed by atoms with Crippen LogP contribution in [0.3, 0.4) is 0 Å². The number of esters is 1. The number of hydrogen-bond donors (Lipinski definition) is 1. The zero-order valence-electron chi connectivity index (χ0n) is 14.2. The quantitative estimate of drug-likeness (QED) is 0.819. The maximum Gasteiger partial charge on any atom is 0.338 e. The number of rotatable bonds is 6. The second kappa shape index (κ2) is 7.13. The van der Waals surface area contributed by atoms with Crippen molar-refractivity contribution in [3.05, 3.63) is 35.4 Å². The molecule has 0 aliphatic heterocycles. The lowest BCUT2D eigenvalue weighted by Crippen LogP contribution is -2.58. The standard InChI is InChI=1S/C18H25NO4/c1-5-18(6-2)14(22-4)11-15(18)23-17(21)13-9-7-8-12(10-13)16(20)19-3/h7-10,14-15H,5-6,11H2,1-4H3,(H,19,20)/t14-,15+/m0/s1. The molecular weight excluding hydrogens is 294 g/mol. The monoisotopic (exact) mass is 319 g/mol. The Balaban J connectivity index is 2.12. The number of ether oxygens (including phenoxy) is 2. The van der Waals surface area contributed by atoms with E-state index < -0.39 is 0 Å². The van der Waals surface area contributed by atoms with Crippen molar-refractivity contribution in [2.24, 2.45) is 5.41 Å². The lowest BCUT2D eigenvalue weighted by molar-refractivity contribution is -0.186. The van der Waals surface area contributed by atoms with Gasteiger partial charge in [0, 0.05) is 31.6 Å². The second-order valence-electron chi connectivity index (χ2n) is 5.95. The summed E-state index contributed by atoms with van der Waals surface area (Å²) < 4.78 is 11.2. The molecule has 126 valence electrons. The van der Waals surface area contributed by atoms with Crippen molar-refractivity contribution in [2.75, 3.05) is 14.2 Å². The van der Waals surface area contributed by atoms with Crippen molar-refractivity contribution in [1.29, 1.82) is 0 Å². The van der Waals surface area contributed by atoms with E-state index >= 15 is 0 Å². The Hall–Kier alpha value is -1.88. The van der Waals surface area contributed by atoms with Gasteiger partial charge < -0.3 is 14.8 Å². The van der Waals surface area contributed by atoms with E-state index in [1.807, 2.05) is 0 Å². The van der Waals surface area contributed by atoms with Crippen molar-refractivity contribution in [3.63, 3.8) is 0 Å². The maximum atomic E-state index is 12.4. The van der Waals surface area contributed by atoms with Crippen molar-refractivity contribution >= 4 is 11.9 Å². The molecule has 0 unspecified atom stereocenters. The maximum absolute atomic E-state index is 12.4. The van der Waals surface area contributed by atoms with Crippen LogP contribution < -0.4 is 5.32 Å². The molecule has 23 heavy (non-hydrogen) atoms. The van der Waals surface area contributed by atoms with Crippen molar-refractivity contribution in [1.82, 2.24) is 5.32 Å². The van der Waals surface area contributed by atoms with E-state index in [0.29, 0.717) is 11.1 Å². The first-order valence-corrected chi connectivity index (χ1v) is 8.08. The summed E-state index contributed by atoms with van der Waals surface area (Å²) in [5, 5.41) is 2.55. The molecule has 2 rings (SSSR count). The molecule has 0 aromatic heterocycles. The van der Waals surface area contributed by atoms with Gasteiger partial charge in [-0.05, 0) is 31.0 Å². The van der Waals surface area contributed by atoms with Crippen LogP contribution in [0.5, 0.6) is 0 Å². The van der Waals surface area contributed by atoms with Crippen LogP contribution >= 0.6 is 0 Å². The largest absolute Gasteiger partial charge is 0.458 e. The highest BCUT2D eigenvalue weighted by Crippen LogP contribution is 2.50.